The van der Waals surface area contributed by atoms with Gasteiger partial charge in [0.05, 0.1) is 6.10 Å². The van der Waals surface area contributed by atoms with Gasteiger partial charge in [0, 0.05) is 6.54 Å². The van der Waals surface area contributed by atoms with E-state index in [1.807, 2.05) is 0 Å². The minimum Gasteiger partial charge on any atom is -0.488 e. The summed E-state index contributed by atoms with van der Waals surface area (Å²) < 4.78 is 4.29. The number of aromatic nitrogens is 2. The molecule has 2 rings (SSSR count). The Morgan fingerprint density at radius 3 is 2.77 bits per heavy atom. The topological polar surface area (TPSA) is 91.4 Å². The molecule has 1 saturated carbocycles. The number of aromatic hydroxyl groups is 1. The van der Waals surface area contributed by atoms with Crippen LogP contribution in [-0.4, -0.2) is 33.2 Å². The Morgan fingerprint density at radius 1 is 1.46 bits per heavy atom. The molecule has 0 bridgehead atoms. The molecule has 13 heavy (non-hydrogen) atoms. The molecule has 1 aromatic heterocycles. The van der Waals surface area contributed by atoms with Crippen LogP contribution in [0.2, 0.25) is 0 Å². The molecule has 0 aromatic carbocycles. The maximum absolute atomic E-state index is 9.03. The van der Waals surface area contributed by atoms with Crippen molar-refractivity contribution in [1.82, 2.24) is 10.3 Å². The van der Waals surface area contributed by atoms with Gasteiger partial charge >= 0.3 is 0 Å². The van der Waals surface area contributed by atoms with E-state index in [1.54, 1.807) is 0 Å². The van der Waals surface area contributed by atoms with Crippen LogP contribution in [0.3, 0.4) is 0 Å². The Kier molecular flexibility index (Phi) is 2.05. The maximum atomic E-state index is 9.03. The van der Waals surface area contributed by atoms with Crippen LogP contribution in [-0.2, 0) is 0 Å². The van der Waals surface area contributed by atoms with Crippen molar-refractivity contribution in [3.05, 3.63) is 0 Å². The van der Waals surface area contributed by atoms with E-state index in [4.69, 9.17) is 10.2 Å². The zero-order chi connectivity index (χ0) is 9.26. The van der Waals surface area contributed by atoms with Gasteiger partial charge in [0.25, 0.3) is 5.88 Å². The fourth-order valence-corrected chi connectivity index (χ4v) is 1.40. The number of hydrogen-bond acceptors (Lipinski definition) is 6. The van der Waals surface area contributed by atoms with Gasteiger partial charge in [-0.1, -0.05) is 0 Å². The molecule has 0 aliphatic heterocycles. The molecule has 3 N–H and O–H groups in total. The fraction of sp³-hybridized carbons (Fsp3) is 0.714. The molecule has 6 heteroatoms. The quantitative estimate of drug-likeness (QED) is 0.612. The number of hydrogen-bond donors (Lipinski definition) is 3. The predicted octanol–water partition coefficient (Wildman–Crippen LogP) is -0.0420. The molecular formula is C7H11N3O3. The summed E-state index contributed by atoms with van der Waals surface area (Å²) in [4.78, 5) is 0. The third-order valence-electron chi connectivity index (χ3n) is 2.24. The molecule has 1 fully saturated rings. The largest absolute Gasteiger partial charge is 0.488 e. The molecule has 1 aliphatic carbocycles. The highest BCUT2D eigenvalue weighted by molar-refractivity contribution is 5.41. The van der Waals surface area contributed by atoms with Gasteiger partial charge in [-0.05, 0) is 29.1 Å². The number of aliphatic hydroxyl groups is 1. The molecule has 0 atom stereocenters. The molecule has 0 unspecified atom stereocenters. The average Bonchev–Trinajstić information content (AvgIpc) is 2.43. The summed E-state index contributed by atoms with van der Waals surface area (Å²) in [5.74, 6) is 0.493. The summed E-state index contributed by atoms with van der Waals surface area (Å²) in [5.41, 5.74) is 0. The van der Waals surface area contributed by atoms with Gasteiger partial charge in [0.1, 0.15) is 0 Å². The zero-order valence-electron chi connectivity index (χ0n) is 6.97. The summed E-state index contributed by atoms with van der Waals surface area (Å²) >= 11 is 0. The smallest absolute Gasteiger partial charge is 0.297 e. The number of nitrogens with zero attached hydrogens (tertiary/aromatic N) is 2. The number of nitrogens with one attached hydrogen (secondary N) is 1. The monoisotopic (exact) mass is 185 g/mol. The molecule has 1 heterocycles. The number of aliphatic hydroxyl groups excluding tert-OH is 1. The second-order valence-electron chi connectivity index (χ2n) is 3.31. The van der Waals surface area contributed by atoms with E-state index in [1.165, 1.54) is 0 Å². The Bertz CT molecular complexity index is 282. The van der Waals surface area contributed by atoms with Crippen LogP contribution < -0.4 is 5.32 Å². The Balaban J connectivity index is 1.77. The van der Waals surface area contributed by atoms with Gasteiger partial charge in [-0.2, -0.15) is 0 Å². The average molecular weight is 185 g/mol. The van der Waals surface area contributed by atoms with Crippen molar-refractivity contribution in [2.24, 2.45) is 5.92 Å². The van der Waals surface area contributed by atoms with Gasteiger partial charge in [-0.15, -0.1) is 0 Å². The molecule has 1 aromatic rings. The van der Waals surface area contributed by atoms with Crippen LogP contribution >= 0.6 is 0 Å². The molecule has 0 spiro atoms. The first-order valence-electron chi connectivity index (χ1n) is 4.19. The SMILES string of the molecule is Oc1nonc1NCC1CC(O)C1. The van der Waals surface area contributed by atoms with Crippen molar-refractivity contribution in [1.29, 1.82) is 0 Å². The lowest BCUT2D eigenvalue weighted by Gasteiger charge is -2.31. The van der Waals surface area contributed by atoms with Gasteiger partial charge in [0.15, 0.2) is 0 Å². The molecule has 1 aliphatic rings. The van der Waals surface area contributed by atoms with Gasteiger partial charge in [-0.25, -0.2) is 4.63 Å². The lowest BCUT2D eigenvalue weighted by atomic mass is 9.82. The van der Waals surface area contributed by atoms with E-state index in [9.17, 15) is 0 Å². The Labute approximate surface area is 74.5 Å². The number of anilines is 1. The van der Waals surface area contributed by atoms with Crippen molar-refractivity contribution < 1.29 is 14.8 Å². The van der Waals surface area contributed by atoms with Crippen LogP contribution in [0.15, 0.2) is 4.63 Å². The second-order valence-corrected chi connectivity index (χ2v) is 3.31. The highest BCUT2D eigenvalue weighted by atomic mass is 16.6. The van der Waals surface area contributed by atoms with Crippen molar-refractivity contribution in [3.8, 4) is 5.88 Å². The van der Waals surface area contributed by atoms with E-state index in [2.05, 4.69) is 20.3 Å². The minimum absolute atomic E-state index is 0.157. The first kappa shape index (κ1) is 8.31. The highest BCUT2D eigenvalue weighted by Crippen LogP contribution is 2.27. The Hall–Kier alpha value is -1.30. The third-order valence-corrected chi connectivity index (χ3v) is 2.24. The van der Waals surface area contributed by atoms with E-state index in [0.29, 0.717) is 12.5 Å². The molecular weight excluding hydrogens is 174 g/mol. The molecule has 6 nitrogen and oxygen atoms in total. The zero-order valence-corrected chi connectivity index (χ0v) is 6.97. The normalized spacial score (nSPS) is 26.8. The van der Waals surface area contributed by atoms with E-state index >= 15 is 0 Å². The van der Waals surface area contributed by atoms with Gasteiger partial charge < -0.3 is 15.5 Å². The minimum atomic E-state index is -0.222. The van der Waals surface area contributed by atoms with Crippen molar-refractivity contribution in [2.75, 3.05) is 11.9 Å². The summed E-state index contributed by atoms with van der Waals surface area (Å²) in [6.07, 6.45) is 1.45. The standard InChI is InChI=1S/C7H11N3O3/c11-5-1-4(2-5)3-8-6-7(12)10-13-9-6/h4-5,11H,1-3H2,(H,8,9)(H,10,12). The van der Waals surface area contributed by atoms with Gasteiger partial charge in [-0.3, -0.25) is 0 Å². The van der Waals surface area contributed by atoms with Crippen LogP contribution in [0.5, 0.6) is 5.88 Å². The van der Waals surface area contributed by atoms with Crippen molar-refractivity contribution in [3.63, 3.8) is 0 Å². The highest BCUT2D eigenvalue weighted by Gasteiger charge is 2.27. The molecule has 0 amide bonds. The van der Waals surface area contributed by atoms with E-state index < -0.39 is 0 Å². The van der Waals surface area contributed by atoms with Crippen LogP contribution in [0, 0.1) is 5.92 Å². The maximum Gasteiger partial charge on any atom is 0.297 e. The molecule has 0 saturated heterocycles. The predicted molar refractivity (Wildman–Crippen MR) is 43.2 cm³/mol. The lowest BCUT2D eigenvalue weighted by Crippen LogP contribution is -2.33. The lowest BCUT2D eigenvalue weighted by molar-refractivity contribution is 0.0486. The summed E-state index contributed by atoms with van der Waals surface area (Å²) in [7, 11) is 0. The van der Waals surface area contributed by atoms with Crippen molar-refractivity contribution >= 4 is 5.82 Å². The summed E-state index contributed by atoms with van der Waals surface area (Å²) in [5, 5.41) is 27.6. The first-order valence-corrected chi connectivity index (χ1v) is 4.19. The van der Waals surface area contributed by atoms with E-state index in [-0.39, 0.29) is 17.8 Å². The van der Waals surface area contributed by atoms with Crippen LogP contribution in [0.1, 0.15) is 12.8 Å². The van der Waals surface area contributed by atoms with Gasteiger partial charge in [0.2, 0.25) is 5.82 Å². The van der Waals surface area contributed by atoms with Crippen LogP contribution in [0.4, 0.5) is 5.82 Å². The Morgan fingerprint density at radius 2 is 2.23 bits per heavy atom. The van der Waals surface area contributed by atoms with Crippen molar-refractivity contribution in [2.45, 2.75) is 18.9 Å². The first-order chi connectivity index (χ1) is 6.25. The third kappa shape index (κ3) is 1.72. The van der Waals surface area contributed by atoms with Crippen LogP contribution in [0.25, 0.3) is 0 Å². The summed E-state index contributed by atoms with van der Waals surface area (Å²) in [6.45, 7) is 0.679. The fourth-order valence-electron chi connectivity index (χ4n) is 1.40. The number of rotatable bonds is 3. The molecule has 0 radical (unpaired) electrons. The molecule has 72 valence electrons. The van der Waals surface area contributed by atoms with E-state index in [0.717, 1.165) is 12.8 Å². The second kappa shape index (κ2) is 3.21. The summed E-state index contributed by atoms with van der Waals surface area (Å²) in [6, 6.07) is 0.